The van der Waals surface area contributed by atoms with Crippen LogP contribution in [0.5, 0.6) is 5.88 Å². The largest absolute Gasteiger partial charge is 0.472 e. The van der Waals surface area contributed by atoms with E-state index in [-0.39, 0.29) is 6.10 Å². The third-order valence-electron chi connectivity index (χ3n) is 3.24. The average Bonchev–Trinajstić information content (AvgIpc) is 2.49. The van der Waals surface area contributed by atoms with Crippen molar-refractivity contribution in [2.45, 2.75) is 47.1 Å². The Kier molecular flexibility index (Phi) is 7.88. The Hall–Kier alpha value is -1.62. The van der Waals surface area contributed by atoms with E-state index in [0.29, 0.717) is 12.5 Å². The van der Waals surface area contributed by atoms with Gasteiger partial charge in [0.1, 0.15) is 6.10 Å². The molecule has 5 heteroatoms. The molecule has 0 aliphatic heterocycles. The Morgan fingerprint density at radius 3 is 2.73 bits per heavy atom. The van der Waals surface area contributed by atoms with E-state index >= 15 is 0 Å². The van der Waals surface area contributed by atoms with Gasteiger partial charge in [-0.1, -0.05) is 6.92 Å². The van der Waals surface area contributed by atoms with Crippen molar-refractivity contribution in [3.63, 3.8) is 0 Å². The Bertz CT molecular complexity index is 489. The second-order valence-corrected chi connectivity index (χ2v) is 5.54. The normalized spacial score (nSPS) is 12.6. The monoisotopic (exact) mass is 307 g/mol. The van der Waals surface area contributed by atoms with Gasteiger partial charge in [-0.15, -0.1) is 0 Å². The summed E-state index contributed by atoms with van der Waals surface area (Å²) in [6, 6.07) is 2.01. The van der Waals surface area contributed by atoms with Crippen LogP contribution in [0.1, 0.15) is 38.4 Å². The summed E-state index contributed by atoms with van der Waals surface area (Å²) >= 11 is 0. The summed E-state index contributed by atoms with van der Waals surface area (Å²) in [5.74, 6) is 0.660. The molecule has 0 N–H and O–H groups in total. The van der Waals surface area contributed by atoms with Gasteiger partial charge < -0.3 is 14.4 Å². The van der Waals surface area contributed by atoms with Crippen LogP contribution in [-0.2, 0) is 4.74 Å². The van der Waals surface area contributed by atoms with Gasteiger partial charge in [-0.2, -0.15) is 0 Å². The number of aryl methyl sites for hydroxylation is 2. The lowest BCUT2D eigenvalue weighted by Gasteiger charge is -2.16. The topological polar surface area (TPSA) is 47.0 Å². The Morgan fingerprint density at radius 1 is 1.36 bits per heavy atom. The van der Waals surface area contributed by atoms with Crippen LogP contribution in [0.15, 0.2) is 11.1 Å². The minimum atomic E-state index is -0.0160. The van der Waals surface area contributed by atoms with Gasteiger partial charge in [-0.3, -0.25) is 0 Å². The van der Waals surface area contributed by atoms with E-state index in [1.54, 1.807) is 0 Å². The van der Waals surface area contributed by atoms with E-state index in [2.05, 4.69) is 23.8 Å². The molecule has 22 heavy (non-hydrogen) atoms. The second kappa shape index (κ2) is 9.41. The molecule has 1 aromatic heterocycles. The van der Waals surface area contributed by atoms with Crippen LogP contribution in [0.25, 0.3) is 0 Å². The summed E-state index contributed by atoms with van der Waals surface area (Å²) in [6.45, 7) is 12.4. The van der Waals surface area contributed by atoms with Crippen LogP contribution in [0.4, 0.5) is 5.69 Å². The molecule has 0 amide bonds. The highest BCUT2D eigenvalue weighted by Crippen LogP contribution is 2.25. The highest BCUT2D eigenvalue weighted by atomic mass is 16.5. The molecular formula is C17H29N3O2. The summed E-state index contributed by atoms with van der Waals surface area (Å²) in [5.41, 5.74) is 2.72. The molecule has 0 bridgehead atoms. The van der Waals surface area contributed by atoms with E-state index in [0.717, 1.165) is 36.5 Å². The third kappa shape index (κ3) is 6.02. The van der Waals surface area contributed by atoms with Gasteiger partial charge in [0.05, 0.1) is 24.3 Å². The molecular weight excluding hydrogens is 278 g/mol. The first kappa shape index (κ1) is 18.4. The molecule has 1 unspecified atom stereocenters. The van der Waals surface area contributed by atoms with Gasteiger partial charge in [0.2, 0.25) is 5.88 Å². The lowest BCUT2D eigenvalue weighted by molar-refractivity contribution is 0.0564. The molecule has 124 valence electrons. The molecule has 1 rings (SSSR count). The average molecular weight is 307 g/mol. The van der Waals surface area contributed by atoms with Crippen LogP contribution in [-0.4, -0.2) is 49.1 Å². The van der Waals surface area contributed by atoms with E-state index in [9.17, 15) is 0 Å². The van der Waals surface area contributed by atoms with Crippen molar-refractivity contribution in [1.82, 2.24) is 9.88 Å². The summed E-state index contributed by atoms with van der Waals surface area (Å²) in [5, 5.41) is 0. The van der Waals surface area contributed by atoms with Crippen LogP contribution in [0.2, 0.25) is 0 Å². The zero-order valence-corrected chi connectivity index (χ0v) is 14.7. The van der Waals surface area contributed by atoms with Crippen molar-refractivity contribution in [3.8, 4) is 5.88 Å². The van der Waals surface area contributed by atoms with E-state index in [4.69, 9.17) is 9.47 Å². The van der Waals surface area contributed by atoms with Gasteiger partial charge >= 0.3 is 0 Å². The van der Waals surface area contributed by atoms with Gasteiger partial charge in [0.25, 0.3) is 0 Å². The molecule has 5 nitrogen and oxygen atoms in total. The van der Waals surface area contributed by atoms with Crippen molar-refractivity contribution >= 4 is 12.0 Å². The van der Waals surface area contributed by atoms with Crippen LogP contribution >= 0.6 is 0 Å². The van der Waals surface area contributed by atoms with Crippen molar-refractivity contribution in [1.29, 1.82) is 0 Å². The maximum Gasteiger partial charge on any atom is 0.216 e. The highest BCUT2D eigenvalue weighted by Gasteiger charge is 2.11. The Labute approximate surface area is 134 Å². The van der Waals surface area contributed by atoms with Crippen LogP contribution < -0.4 is 4.74 Å². The van der Waals surface area contributed by atoms with E-state index in [1.807, 2.05) is 45.1 Å². The molecule has 0 aromatic carbocycles. The number of hydrogen-bond donors (Lipinski definition) is 0. The first-order valence-corrected chi connectivity index (χ1v) is 7.94. The molecule has 0 aliphatic carbocycles. The maximum absolute atomic E-state index is 5.88. The summed E-state index contributed by atoms with van der Waals surface area (Å²) in [4.78, 5) is 11.0. The maximum atomic E-state index is 5.88. The van der Waals surface area contributed by atoms with Gasteiger partial charge in [0, 0.05) is 25.8 Å². The molecule has 0 saturated heterocycles. The molecule has 0 radical (unpaired) electrons. The van der Waals surface area contributed by atoms with Crippen molar-refractivity contribution in [2.24, 2.45) is 4.99 Å². The van der Waals surface area contributed by atoms with Gasteiger partial charge in [0.15, 0.2) is 0 Å². The predicted molar refractivity (Wildman–Crippen MR) is 91.4 cm³/mol. The Morgan fingerprint density at radius 2 is 2.09 bits per heavy atom. The number of aromatic nitrogens is 1. The van der Waals surface area contributed by atoms with Crippen LogP contribution in [0.3, 0.4) is 0 Å². The molecule has 1 heterocycles. The molecule has 0 spiro atoms. The fourth-order valence-corrected chi connectivity index (χ4v) is 1.78. The Balaban J connectivity index is 2.74. The number of aliphatic imine (C=N–C) groups is 1. The zero-order valence-electron chi connectivity index (χ0n) is 14.7. The minimum absolute atomic E-state index is 0.0160. The molecule has 1 atom stereocenters. The molecule has 0 aliphatic rings. The molecule has 1 aromatic rings. The lowest BCUT2D eigenvalue weighted by Crippen LogP contribution is -2.20. The van der Waals surface area contributed by atoms with Gasteiger partial charge in [-0.05, 0) is 40.2 Å². The number of pyridine rings is 1. The number of hydrogen-bond acceptors (Lipinski definition) is 4. The van der Waals surface area contributed by atoms with E-state index in [1.165, 1.54) is 0 Å². The number of nitrogens with zero attached hydrogens (tertiary/aromatic N) is 3. The summed E-state index contributed by atoms with van der Waals surface area (Å²) < 4.78 is 11.4. The number of rotatable bonds is 9. The SMILES string of the molecule is CCCOCC(C)Oc1nc(C)c(/N=C/N(C)CC)cc1C. The minimum Gasteiger partial charge on any atom is -0.472 e. The molecule has 0 saturated carbocycles. The summed E-state index contributed by atoms with van der Waals surface area (Å²) in [6.07, 6.45) is 2.82. The van der Waals surface area contributed by atoms with E-state index < -0.39 is 0 Å². The van der Waals surface area contributed by atoms with Gasteiger partial charge in [-0.25, -0.2) is 9.98 Å². The highest BCUT2D eigenvalue weighted by molar-refractivity contribution is 5.62. The van der Waals surface area contributed by atoms with Crippen molar-refractivity contribution in [2.75, 3.05) is 26.8 Å². The first-order valence-electron chi connectivity index (χ1n) is 7.94. The smallest absolute Gasteiger partial charge is 0.216 e. The fraction of sp³-hybridized carbons (Fsp3) is 0.647. The number of ether oxygens (including phenoxy) is 2. The third-order valence-corrected chi connectivity index (χ3v) is 3.24. The first-order chi connectivity index (χ1) is 10.5. The quantitative estimate of drug-likeness (QED) is 0.398. The zero-order chi connectivity index (χ0) is 16.5. The standard InChI is InChI=1S/C17H29N3O2/c1-7-9-21-11-14(4)22-17-13(3)10-16(15(5)19-17)18-12-20(6)8-2/h10,12,14H,7-9,11H2,1-6H3/b18-12+. The van der Waals surface area contributed by atoms with Crippen LogP contribution in [0, 0.1) is 13.8 Å². The fourth-order valence-electron chi connectivity index (χ4n) is 1.78. The second-order valence-electron chi connectivity index (χ2n) is 5.54. The molecule has 0 fully saturated rings. The van der Waals surface area contributed by atoms with Crippen molar-refractivity contribution < 1.29 is 9.47 Å². The lowest BCUT2D eigenvalue weighted by atomic mass is 10.2. The summed E-state index contributed by atoms with van der Waals surface area (Å²) in [7, 11) is 1.99. The predicted octanol–water partition coefficient (Wildman–Crippen LogP) is 3.50. The van der Waals surface area contributed by atoms with Crippen molar-refractivity contribution in [3.05, 3.63) is 17.3 Å².